The third-order valence-corrected chi connectivity index (χ3v) is 3.33. The van der Waals surface area contributed by atoms with E-state index in [9.17, 15) is 4.79 Å². The summed E-state index contributed by atoms with van der Waals surface area (Å²) >= 11 is 1.66. The van der Waals surface area contributed by atoms with Crippen molar-refractivity contribution in [2.75, 3.05) is 5.73 Å². The third-order valence-electron chi connectivity index (χ3n) is 2.60. The topological polar surface area (TPSA) is 68.0 Å². The van der Waals surface area contributed by atoms with Gasteiger partial charge in [-0.1, -0.05) is 0 Å². The van der Waals surface area contributed by atoms with Crippen molar-refractivity contribution in [3.05, 3.63) is 46.4 Å². The predicted octanol–water partition coefficient (Wildman–Crippen LogP) is 2.09. The highest BCUT2D eigenvalue weighted by Gasteiger charge is 2.12. The highest BCUT2D eigenvalue weighted by molar-refractivity contribution is 7.07. The van der Waals surface area contributed by atoms with Crippen LogP contribution in [0, 0.1) is 0 Å². The fourth-order valence-corrected chi connectivity index (χ4v) is 2.41. The van der Waals surface area contributed by atoms with Gasteiger partial charge in [-0.3, -0.25) is 9.78 Å². The van der Waals surface area contributed by atoms with Gasteiger partial charge in [0.15, 0.2) is 0 Å². The molecule has 1 amide bonds. The summed E-state index contributed by atoms with van der Waals surface area (Å²) in [6.07, 6.45) is 3.87. The zero-order valence-electron chi connectivity index (χ0n) is 10.1. The van der Waals surface area contributed by atoms with Gasteiger partial charge in [0.05, 0.1) is 17.4 Å². The molecule has 2 aromatic heterocycles. The van der Waals surface area contributed by atoms with Crippen molar-refractivity contribution in [1.29, 1.82) is 0 Å². The molecule has 5 heteroatoms. The van der Waals surface area contributed by atoms with Crippen molar-refractivity contribution in [2.24, 2.45) is 0 Å². The Labute approximate surface area is 110 Å². The molecule has 0 aromatic carbocycles. The first-order valence-electron chi connectivity index (χ1n) is 5.68. The van der Waals surface area contributed by atoms with Gasteiger partial charge in [0.2, 0.25) is 0 Å². The first-order valence-corrected chi connectivity index (χ1v) is 6.62. The summed E-state index contributed by atoms with van der Waals surface area (Å²) in [6.45, 7) is 1.98. The van der Waals surface area contributed by atoms with E-state index in [0.29, 0.717) is 11.3 Å². The van der Waals surface area contributed by atoms with Crippen molar-refractivity contribution in [3.63, 3.8) is 0 Å². The Morgan fingerprint density at radius 3 is 3.06 bits per heavy atom. The number of carbonyl (C=O) groups excluding carboxylic acids is 1. The maximum Gasteiger partial charge on any atom is 0.253 e. The second-order valence-electron chi connectivity index (χ2n) is 4.17. The van der Waals surface area contributed by atoms with Crippen molar-refractivity contribution < 1.29 is 4.79 Å². The lowest BCUT2D eigenvalue weighted by Crippen LogP contribution is -2.34. The monoisotopic (exact) mass is 261 g/mol. The van der Waals surface area contributed by atoms with E-state index in [1.165, 1.54) is 11.8 Å². The number of hydrogen-bond acceptors (Lipinski definition) is 4. The Balaban J connectivity index is 1.97. The number of aromatic nitrogens is 1. The largest absolute Gasteiger partial charge is 0.397 e. The average Bonchev–Trinajstić information content (AvgIpc) is 2.82. The molecule has 0 aliphatic heterocycles. The molecule has 1 unspecified atom stereocenters. The number of nitrogen functional groups attached to an aromatic ring is 1. The molecule has 1 atom stereocenters. The summed E-state index contributed by atoms with van der Waals surface area (Å²) in [5.41, 5.74) is 7.82. The van der Waals surface area contributed by atoms with E-state index in [0.717, 1.165) is 6.42 Å². The highest BCUT2D eigenvalue weighted by atomic mass is 32.1. The van der Waals surface area contributed by atoms with Gasteiger partial charge >= 0.3 is 0 Å². The summed E-state index contributed by atoms with van der Waals surface area (Å²) in [6, 6.07) is 3.76. The molecule has 0 aliphatic rings. The highest BCUT2D eigenvalue weighted by Crippen LogP contribution is 2.11. The number of nitrogens with one attached hydrogen (secondary N) is 1. The lowest BCUT2D eigenvalue weighted by atomic mass is 10.1. The Hall–Kier alpha value is -1.88. The molecule has 0 spiro atoms. The number of rotatable bonds is 4. The van der Waals surface area contributed by atoms with Crippen molar-refractivity contribution >= 4 is 22.9 Å². The summed E-state index contributed by atoms with van der Waals surface area (Å²) in [5, 5.41) is 7.05. The Kier molecular flexibility index (Phi) is 3.94. The molecule has 94 valence electrons. The second-order valence-corrected chi connectivity index (χ2v) is 4.95. The maximum atomic E-state index is 12.0. The molecule has 4 nitrogen and oxygen atoms in total. The van der Waals surface area contributed by atoms with Crippen LogP contribution in [-0.4, -0.2) is 16.9 Å². The lowest BCUT2D eigenvalue weighted by molar-refractivity contribution is 0.0941. The van der Waals surface area contributed by atoms with E-state index >= 15 is 0 Å². The SMILES string of the molecule is CC(Cc1ccsc1)NC(=O)c1ccncc1N. The Morgan fingerprint density at radius 1 is 1.56 bits per heavy atom. The number of thiophene rings is 1. The van der Waals surface area contributed by atoms with Gasteiger partial charge in [-0.15, -0.1) is 0 Å². The second kappa shape index (κ2) is 5.64. The zero-order chi connectivity index (χ0) is 13.0. The molecule has 18 heavy (non-hydrogen) atoms. The lowest BCUT2D eigenvalue weighted by Gasteiger charge is -2.13. The van der Waals surface area contributed by atoms with E-state index < -0.39 is 0 Å². The van der Waals surface area contributed by atoms with Crippen molar-refractivity contribution in [2.45, 2.75) is 19.4 Å². The van der Waals surface area contributed by atoms with Gasteiger partial charge in [0, 0.05) is 12.2 Å². The summed E-state index contributed by atoms with van der Waals surface area (Å²) in [4.78, 5) is 15.9. The van der Waals surface area contributed by atoms with E-state index in [1.54, 1.807) is 23.6 Å². The van der Waals surface area contributed by atoms with E-state index in [4.69, 9.17) is 5.73 Å². The number of pyridine rings is 1. The van der Waals surface area contributed by atoms with Crippen LogP contribution in [0.1, 0.15) is 22.8 Å². The van der Waals surface area contributed by atoms with E-state index in [1.807, 2.05) is 12.3 Å². The number of hydrogen-bond donors (Lipinski definition) is 2. The minimum atomic E-state index is -0.155. The molecular weight excluding hydrogens is 246 g/mol. The fraction of sp³-hybridized carbons (Fsp3) is 0.231. The van der Waals surface area contributed by atoms with Crippen LogP contribution in [0.5, 0.6) is 0 Å². The fourth-order valence-electron chi connectivity index (χ4n) is 1.73. The minimum Gasteiger partial charge on any atom is -0.397 e. The Bertz CT molecular complexity index is 525. The summed E-state index contributed by atoms with van der Waals surface area (Å²) in [5.74, 6) is -0.155. The molecular formula is C13H15N3OS. The molecule has 0 fully saturated rings. The average molecular weight is 261 g/mol. The summed E-state index contributed by atoms with van der Waals surface area (Å²) < 4.78 is 0. The maximum absolute atomic E-state index is 12.0. The van der Waals surface area contributed by atoms with Crippen LogP contribution in [0.3, 0.4) is 0 Å². The third kappa shape index (κ3) is 3.07. The summed E-state index contributed by atoms with van der Waals surface area (Å²) in [7, 11) is 0. The Morgan fingerprint density at radius 2 is 2.39 bits per heavy atom. The molecule has 2 aromatic rings. The molecule has 0 saturated heterocycles. The van der Waals surface area contributed by atoms with Crippen molar-refractivity contribution in [3.8, 4) is 0 Å². The number of nitrogens with zero attached hydrogens (tertiary/aromatic N) is 1. The van der Waals surface area contributed by atoms with Gasteiger partial charge in [-0.25, -0.2) is 0 Å². The molecule has 2 heterocycles. The quantitative estimate of drug-likeness (QED) is 0.885. The van der Waals surface area contributed by atoms with Crippen LogP contribution >= 0.6 is 11.3 Å². The zero-order valence-corrected chi connectivity index (χ0v) is 10.9. The number of carbonyl (C=O) groups is 1. The smallest absolute Gasteiger partial charge is 0.253 e. The first-order chi connectivity index (χ1) is 8.66. The van der Waals surface area contributed by atoms with Gasteiger partial charge in [-0.05, 0) is 41.8 Å². The molecule has 2 rings (SSSR count). The standard InChI is InChI=1S/C13H15N3OS/c1-9(6-10-3-5-18-8-10)16-13(17)11-2-4-15-7-12(11)14/h2-5,7-9H,6,14H2,1H3,(H,16,17). The molecule has 0 saturated carbocycles. The van der Waals surface area contributed by atoms with Crippen LogP contribution in [0.15, 0.2) is 35.3 Å². The van der Waals surface area contributed by atoms with Crippen LogP contribution in [0.4, 0.5) is 5.69 Å². The molecule has 3 N–H and O–H groups in total. The number of nitrogens with two attached hydrogens (primary N) is 1. The van der Waals surface area contributed by atoms with Gasteiger partial charge in [0.1, 0.15) is 0 Å². The van der Waals surface area contributed by atoms with Gasteiger partial charge in [0.25, 0.3) is 5.91 Å². The van der Waals surface area contributed by atoms with Crippen LogP contribution in [0.2, 0.25) is 0 Å². The molecule has 0 radical (unpaired) electrons. The van der Waals surface area contributed by atoms with E-state index in [-0.39, 0.29) is 11.9 Å². The molecule has 0 aliphatic carbocycles. The van der Waals surface area contributed by atoms with E-state index in [2.05, 4.69) is 21.7 Å². The normalized spacial score (nSPS) is 12.1. The van der Waals surface area contributed by atoms with Crippen molar-refractivity contribution in [1.82, 2.24) is 10.3 Å². The predicted molar refractivity (Wildman–Crippen MR) is 73.6 cm³/mol. The minimum absolute atomic E-state index is 0.0691. The van der Waals surface area contributed by atoms with Gasteiger partial charge < -0.3 is 11.1 Å². The van der Waals surface area contributed by atoms with Crippen LogP contribution < -0.4 is 11.1 Å². The first kappa shape index (κ1) is 12.6. The number of amides is 1. The van der Waals surface area contributed by atoms with Gasteiger partial charge in [-0.2, -0.15) is 11.3 Å². The molecule has 0 bridgehead atoms. The number of anilines is 1. The van der Waals surface area contributed by atoms with Crippen LogP contribution in [0.25, 0.3) is 0 Å². The van der Waals surface area contributed by atoms with Crippen LogP contribution in [-0.2, 0) is 6.42 Å².